The fourth-order valence-corrected chi connectivity index (χ4v) is 3.34. The van der Waals surface area contributed by atoms with Gasteiger partial charge in [0, 0.05) is 19.1 Å². The van der Waals surface area contributed by atoms with Crippen LogP contribution in [0.2, 0.25) is 0 Å². The SMILES string of the molecule is CC1CN(C2CCN(C(=O)c3cccc(Br)n3)CC2)C(=O)O1. The number of piperidine rings is 1. The number of aromatic nitrogens is 1. The summed E-state index contributed by atoms with van der Waals surface area (Å²) in [6.45, 7) is 3.81. The van der Waals surface area contributed by atoms with Gasteiger partial charge in [0.25, 0.3) is 5.91 Å². The first-order valence-corrected chi connectivity index (χ1v) is 8.23. The number of rotatable bonds is 2. The zero-order chi connectivity index (χ0) is 15.7. The van der Waals surface area contributed by atoms with E-state index in [0.717, 1.165) is 12.8 Å². The summed E-state index contributed by atoms with van der Waals surface area (Å²) in [5, 5.41) is 0. The molecule has 3 rings (SSSR count). The van der Waals surface area contributed by atoms with Crippen LogP contribution in [0.25, 0.3) is 0 Å². The summed E-state index contributed by atoms with van der Waals surface area (Å²) in [7, 11) is 0. The Kier molecular flexibility index (Phi) is 4.33. The molecule has 1 atom stereocenters. The number of ether oxygens (including phenoxy) is 1. The number of carbonyl (C=O) groups is 2. The number of pyridine rings is 1. The van der Waals surface area contributed by atoms with Crippen LogP contribution in [0.4, 0.5) is 4.79 Å². The molecule has 6 nitrogen and oxygen atoms in total. The molecule has 3 heterocycles. The van der Waals surface area contributed by atoms with Crippen LogP contribution in [0.5, 0.6) is 0 Å². The van der Waals surface area contributed by atoms with Gasteiger partial charge in [-0.2, -0.15) is 0 Å². The minimum absolute atomic E-state index is 0.0435. The molecule has 1 aromatic rings. The number of cyclic esters (lactones) is 1. The number of halogens is 1. The van der Waals surface area contributed by atoms with Gasteiger partial charge in [0.15, 0.2) is 0 Å². The molecule has 2 aliphatic heterocycles. The van der Waals surface area contributed by atoms with Crippen LogP contribution < -0.4 is 0 Å². The highest BCUT2D eigenvalue weighted by molar-refractivity contribution is 9.10. The van der Waals surface area contributed by atoms with Gasteiger partial charge in [0.1, 0.15) is 16.4 Å². The molecule has 7 heteroatoms. The van der Waals surface area contributed by atoms with Gasteiger partial charge in [0.05, 0.1) is 6.54 Å². The topological polar surface area (TPSA) is 62.7 Å². The third kappa shape index (κ3) is 3.09. The Hall–Kier alpha value is -1.63. The number of carbonyl (C=O) groups excluding carboxylic acids is 2. The molecule has 2 amide bonds. The molecule has 118 valence electrons. The maximum absolute atomic E-state index is 12.4. The van der Waals surface area contributed by atoms with Crippen LogP contribution >= 0.6 is 15.9 Å². The summed E-state index contributed by atoms with van der Waals surface area (Å²) in [5.41, 5.74) is 0.446. The lowest BCUT2D eigenvalue weighted by Crippen LogP contribution is -2.47. The second-order valence-electron chi connectivity index (χ2n) is 5.72. The zero-order valence-electron chi connectivity index (χ0n) is 12.4. The van der Waals surface area contributed by atoms with Crippen molar-refractivity contribution < 1.29 is 14.3 Å². The smallest absolute Gasteiger partial charge is 0.410 e. The molecule has 0 spiro atoms. The number of nitrogens with zero attached hydrogens (tertiary/aromatic N) is 3. The fourth-order valence-electron chi connectivity index (χ4n) is 3.00. The van der Waals surface area contributed by atoms with Crippen molar-refractivity contribution in [3.8, 4) is 0 Å². The van der Waals surface area contributed by atoms with Crippen LogP contribution in [-0.4, -0.2) is 58.6 Å². The highest BCUT2D eigenvalue weighted by Crippen LogP contribution is 2.23. The van der Waals surface area contributed by atoms with Crippen molar-refractivity contribution in [1.29, 1.82) is 0 Å². The third-order valence-corrected chi connectivity index (χ3v) is 4.56. The predicted molar refractivity (Wildman–Crippen MR) is 83.5 cm³/mol. The van der Waals surface area contributed by atoms with Crippen molar-refractivity contribution in [2.24, 2.45) is 0 Å². The Morgan fingerprint density at radius 1 is 1.36 bits per heavy atom. The van der Waals surface area contributed by atoms with E-state index in [1.165, 1.54) is 0 Å². The largest absolute Gasteiger partial charge is 0.444 e. The molecule has 0 N–H and O–H groups in total. The Bertz CT molecular complexity index is 587. The van der Waals surface area contributed by atoms with Gasteiger partial charge in [0.2, 0.25) is 0 Å². The lowest BCUT2D eigenvalue weighted by molar-refractivity contribution is 0.0652. The van der Waals surface area contributed by atoms with E-state index in [9.17, 15) is 9.59 Å². The molecular weight excluding hydrogens is 350 g/mol. The molecule has 0 radical (unpaired) electrons. The van der Waals surface area contributed by atoms with E-state index in [-0.39, 0.29) is 24.1 Å². The van der Waals surface area contributed by atoms with Gasteiger partial charge in [-0.1, -0.05) is 6.07 Å². The van der Waals surface area contributed by atoms with Gasteiger partial charge < -0.3 is 14.5 Å². The second-order valence-corrected chi connectivity index (χ2v) is 6.53. The molecular formula is C15H18BrN3O3. The van der Waals surface area contributed by atoms with E-state index in [4.69, 9.17) is 4.74 Å². The Balaban J connectivity index is 1.60. The minimum Gasteiger partial charge on any atom is -0.444 e. The Morgan fingerprint density at radius 2 is 2.09 bits per heavy atom. The Morgan fingerprint density at radius 3 is 2.68 bits per heavy atom. The molecule has 22 heavy (non-hydrogen) atoms. The number of hydrogen-bond acceptors (Lipinski definition) is 4. The summed E-state index contributed by atoms with van der Waals surface area (Å²) < 4.78 is 5.83. The minimum atomic E-state index is -0.231. The van der Waals surface area contributed by atoms with E-state index >= 15 is 0 Å². The van der Waals surface area contributed by atoms with Crippen molar-refractivity contribution in [3.63, 3.8) is 0 Å². The van der Waals surface area contributed by atoms with Crippen molar-refractivity contribution in [2.75, 3.05) is 19.6 Å². The van der Waals surface area contributed by atoms with Crippen LogP contribution in [0.3, 0.4) is 0 Å². The molecule has 1 aromatic heterocycles. The van der Waals surface area contributed by atoms with Crippen molar-refractivity contribution >= 4 is 27.9 Å². The second kappa shape index (κ2) is 6.24. The summed E-state index contributed by atoms with van der Waals surface area (Å²) in [5.74, 6) is -0.0582. The van der Waals surface area contributed by atoms with Crippen LogP contribution in [0.15, 0.2) is 22.8 Å². The van der Waals surface area contributed by atoms with Gasteiger partial charge in [-0.05, 0) is 47.8 Å². The van der Waals surface area contributed by atoms with E-state index in [1.54, 1.807) is 28.0 Å². The standard InChI is InChI=1S/C15H18BrN3O3/c1-10-9-19(15(21)22-10)11-5-7-18(8-6-11)14(20)12-3-2-4-13(16)17-12/h2-4,10-11H,5-9H2,1H3. The number of hydrogen-bond donors (Lipinski definition) is 0. The maximum Gasteiger partial charge on any atom is 0.410 e. The summed E-state index contributed by atoms with van der Waals surface area (Å²) in [6.07, 6.45) is 1.28. The number of amides is 2. The third-order valence-electron chi connectivity index (χ3n) is 4.12. The molecule has 2 saturated heterocycles. The molecule has 0 aromatic carbocycles. The molecule has 0 saturated carbocycles. The van der Waals surface area contributed by atoms with Crippen LogP contribution in [0.1, 0.15) is 30.3 Å². The average molecular weight is 368 g/mol. The quantitative estimate of drug-likeness (QED) is 0.752. The van der Waals surface area contributed by atoms with E-state index < -0.39 is 0 Å². The Labute approximate surface area is 137 Å². The first-order valence-electron chi connectivity index (χ1n) is 7.43. The summed E-state index contributed by atoms with van der Waals surface area (Å²) in [4.78, 5) is 32.0. The highest BCUT2D eigenvalue weighted by Gasteiger charge is 2.36. The lowest BCUT2D eigenvalue weighted by Gasteiger charge is -2.35. The lowest BCUT2D eigenvalue weighted by atomic mass is 10.0. The maximum atomic E-state index is 12.4. The van der Waals surface area contributed by atoms with E-state index in [2.05, 4.69) is 20.9 Å². The average Bonchev–Trinajstić information content (AvgIpc) is 2.85. The highest BCUT2D eigenvalue weighted by atomic mass is 79.9. The van der Waals surface area contributed by atoms with Crippen molar-refractivity contribution in [3.05, 3.63) is 28.5 Å². The first kappa shape index (κ1) is 15.3. The van der Waals surface area contributed by atoms with Crippen LogP contribution in [0, 0.1) is 0 Å². The van der Waals surface area contributed by atoms with Gasteiger partial charge >= 0.3 is 6.09 Å². The summed E-state index contributed by atoms with van der Waals surface area (Å²) >= 11 is 3.28. The molecule has 2 fully saturated rings. The molecule has 2 aliphatic rings. The molecule has 0 bridgehead atoms. The predicted octanol–water partition coefficient (Wildman–Crippen LogP) is 2.29. The molecule has 0 aliphatic carbocycles. The molecule has 1 unspecified atom stereocenters. The normalized spacial score (nSPS) is 22.8. The summed E-state index contributed by atoms with van der Waals surface area (Å²) in [6, 6.07) is 5.48. The zero-order valence-corrected chi connectivity index (χ0v) is 14.0. The van der Waals surface area contributed by atoms with Gasteiger partial charge in [-0.25, -0.2) is 9.78 Å². The van der Waals surface area contributed by atoms with E-state index in [1.807, 2.05) is 6.92 Å². The monoisotopic (exact) mass is 367 g/mol. The fraction of sp³-hybridized carbons (Fsp3) is 0.533. The van der Waals surface area contributed by atoms with Crippen molar-refractivity contribution in [2.45, 2.75) is 31.9 Å². The first-order chi connectivity index (χ1) is 10.5. The van der Waals surface area contributed by atoms with Crippen molar-refractivity contribution in [1.82, 2.24) is 14.8 Å². The van der Waals surface area contributed by atoms with E-state index in [0.29, 0.717) is 29.9 Å². The van der Waals surface area contributed by atoms with Gasteiger partial charge in [-0.3, -0.25) is 4.79 Å². The number of likely N-dealkylation sites (tertiary alicyclic amines) is 1. The van der Waals surface area contributed by atoms with Gasteiger partial charge in [-0.15, -0.1) is 0 Å². The van der Waals surface area contributed by atoms with Crippen LogP contribution in [-0.2, 0) is 4.74 Å².